The SMILES string of the molecule is CCC(=O)C1CCC(CN2C(=O)CC(SC(C)C)C2=O)CC1.CSC1CC(=O)N(CCCCCCN2C(=O)CC(SC(C)C)C2=O)C1=O. The van der Waals surface area contributed by atoms with E-state index in [0.717, 1.165) is 51.4 Å². The fraction of sp³-hybridized carbons (Fsp3) is 0.800. The number of imide groups is 3. The fourth-order valence-electron chi connectivity index (χ4n) is 6.78. The van der Waals surface area contributed by atoms with Crippen molar-refractivity contribution >= 4 is 76.5 Å². The van der Waals surface area contributed by atoms with Crippen molar-refractivity contribution in [1.29, 1.82) is 0 Å². The van der Waals surface area contributed by atoms with Crippen molar-refractivity contribution in [3.63, 3.8) is 0 Å². The normalized spacial score (nSPS) is 26.4. The van der Waals surface area contributed by atoms with Crippen LogP contribution in [-0.4, -0.2) is 108 Å². The van der Waals surface area contributed by atoms with Crippen molar-refractivity contribution in [2.45, 2.75) is 138 Å². The third kappa shape index (κ3) is 11.3. The molecule has 3 heterocycles. The molecular formula is C35H55N3O7S3. The van der Waals surface area contributed by atoms with Crippen molar-refractivity contribution in [2.24, 2.45) is 11.8 Å². The lowest BCUT2D eigenvalue weighted by molar-refractivity contribution is -0.140. The second kappa shape index (κ2) is 19.5. The highest BCUT2D eigenvalue weighted by atomic mass is 32.2. The zero-order valence-corrected chi connectivity index (χ0v) is 32.0. The van der Waals surface area contributed by atoms with Crippen LogP contribution < -0.4 is 0 Å². The lowest BCUT2D eigenvalue weighted by Gasteiger charge is -2.30. The number of likely N-dealkylation sites (tertiary alicyclic amines) is 3. The second-order valence-electron chi connectivity index (χ2n) is 13.7. The van der Waals surface area contributed by atoms with Gasteiger partial charge in [-0.1, -0.05) is 47.5 Å². The molecule has 4 rings (SSSR count). The van der Waals surface area contributed by atoms with Gasteiger partial charge in [0.05, 0.1) is 15.7 Å². The van der Waals surface area contributed by atoms with Gasteiger partial charge < -0.3 is 0 Å². The molecule has 10 nitrogen and oxygen atoms in total. The van der Waals surface area contributed by atoms with Crippen LogP contribution in [0.25, 0.3) is 0 Å². The summed E-state index contributed by atoms with van der Waals surface area (Å²) in [5.74, 6) is 0.660. The summed E-state index contributed by atoms with van der Waals surface area (Å²) in [5, 5.41) is 0.0616. The first-order chi connectivity index (χ1) is 22.8. The van der Waals surface area contributed by atoms with Crippen LogP contribution in [0.4, 0.5) is 0 Å². The maximum atomic E-state index is 12.4. The molecule has 3 saturated heterocycles. The highest BCUT2D eigenvalue weighted by molar-refractivity contribution is 8.01. The summed E-state index contributed by atoms with van der Waals surface area (Å²) in [7, 11) is 0. The fourth-order valence-corrected chi connectivity index (χ4v) is 9.70. The Labute approximate surface area is 299 Å². The van der Waals surface area contributed by atoms with E-state index in [4.69, 9.17) is 0 Å². The highest BCUT2D eigenvalue weighted by Gasteiger charge is 2.41. The number of hydrogen-bond donors (Lipinski definition) is 0. The Balaban J connectivity index is 0.000000264. The predicted molar refractivity (Wildman–Crippen MR) is 194 cm³/mol. The van der Waals surface area contributed by atoms with Gasteiger partial charge >= 0.3 is 0 Å². The van der Waals surface area contributed by atoms with Crippen LogP contribution in [0.3, 0.4) is 0 Å². The number of ketones is 1. The molecule has 1 saturated carbocycles. The Morgan fingerprint density at radius 2 is 1.06 bits per heavy atom. The monoisotopic (exact) mass is 725 g/mol. The Morgan fingerprint density at radius 1 is 0.646 bits per heavy atom. The van der Waals surface area contributed by atoms with E-state index in [9.17, 15) is 33.6 Å². The standard InChI is InChI=1S/C18H28N2O4S2.C17H27NO3S/c1-12(2)26-14-11-16(22)20(18(14)24)9-7-5-4-6-8-19-15(21)10-13(25-3)17(19)23;1-4-14(19)13-7-5-12(6-8-13)10-18-16(20)9-15(17(18)21)22-11(2)3/h12-14H,4-11H2,1-3H3;11-13,15H,4-10H2,1-3H3. The molecule has 6 amide bonds. The average Bonchev–Trinajstić information content (AvgIpc) is 3.58. The maximum Gasteiger partial charge on any atom is 0.242 e. The molecule has 3 unspecified atom stereocenters. The van der Waals surface area contributed by atoms with E-state index in [2.05, 4.69) is 13.8 Å². The number of hydrogen-bond acceptors (Lipinski definition) is 10. The van der Waals surface area contributed by atoms with Crippen molar-refractivity contribution in [1.82, 2.24) is 14.7 Å². The summed E-state index contributed by atoms with van der Waals surface area (Å²) in [4.78, 5) is 88.6. The first-order valence-electron chi connectivity index (χ1n) is 17.7. The number of nitrogens with zero attached hydrogens (tertiary/aromatic N) is 3. The smallest absolute Gasteiger partial charge is 0.242 e. The minimum absolute atomic E-state index is 0.00421. The first-order valence-corrected chi connectivity index (χ1v) is 20.8. The van der Waals surface area contributed by atoms with Gasteiger partial charge in [-0.05, 0) is 61.2 Å². The number of carbonyl (C=O) groups excluding carboxylic acids is 7. The predicted octanol–water partition coefficient (Wildman–Crippen LogP) is 5.35. The van der Waals surface area contributed by atoms with Gasteiger partial charge in [0.15, 0.2) is 0 Å². The zero-order chi connectivity index (χ0) is 35.5. The Morgan fingerprint density at radius 3 is 1.48 bits per heavy atom. The van der Waals surface area contributed by atoms with Gasteiger partial charge in [-0.25, -0.2) is 0 Å². The third-order valence-corrected chi connectivity index (χ3v) is 12.8. The molecule has 0 N–H and O–H groups in total. The summed E-state index contributed by atoms with van der Waals surface area (Å²) in [5.41, 5.74) is 0. The number of rotatable bonds is 16. The van der Waals surface area contributed by atoms with Crippen LogP contribution in [0.2, 0.25) is 0 Å². The lowest BCUT2D eigenvalue weighted by atomic mass is 9.79. The molecule has 3 aliphatic heterocycles. The summed E-state index contributed by atoms with van der Waals surface area (Å²) in [6, 6.07) is 0. The highest BCUT2D eigenvalue weighted by Crippen LogP contribution is 2.34. The molecule has 3 atom stereocenters. The Hall–Kier alpha value is -1.86. The van der Waals surface area contributed by atoms with Crippen LogP contribution >= 0.6 is 35.3 Å². The number of Topliss-reactive ketones (excluding diaryl/α,β-unsaturated/α-hetero) is 1. The largest absolute Gasteiger partial charge is 0.299 e. The van der Waals surface area contributed by atoms with E-state index >= 15 is 0 Å². The van der Waals surface area contributed by atoms with Gasteiger partial charge in [-0.15, -0.1) is 23.5 Å². The van der Waals surface area contributed by atoms with Crippen LogP contribution in [-0.2, 0) is 33.6 Å². The molecule has 1 aliphatic carbocycles. The van der Waals surface area contributed by atoms with Crippen molar-refractivity contribution in [3.8, 4) is 0 Å². The molecule has 48 heavy (non-hydrogen) atoms. The van der Waals surface area contributed by atoms with Crippen LogP contribution in [0.15, 0.2) is 0 Å². The zero-order valence-electron chi connectivity index (χ0n) is 29.6. The molecule has 4 aliphatic rings. The van der Waals surface area contributed by atoms with Gasteiger partial charge in [0.25, 0.3) is 0 Å². The molecule has 0 aromatic rings. The maximum absolute atomic E-state index is 12.4. The van der Waals surface area contributed by atoms with Crippen LogP contribution in [0.1, 0.15) is 112 Å². The molecule has 0 aromatic heterocycles. The van der Waals surface area contributed by atoms with Crippen molar-refractivity contribution in [3.05, 3.63) is 0 Å². The Kier molecular flexibility index (Phi) is 16.5. The second-order valence-corrected chi connectivity index (χ2v) is 18.4. The quantitative estimate of drug-likeness (QED) is 0.152. The summed E-state index contributed by atoms with van der Waals surface area (Å²) in [6.45, 7) is 11.6. The average molecular weight is 726 g/mol. The van der Waals surface area contributed by atoms with Crippen molar-refractivity contribution in [2.75, 3.05) is 25.9 Å². The van der Waals surface area contributed by atoms with Crippen LogP contribution in [0.5, 0.6) is 0 Å². The molecule has 0 radical (unpaired) electrons. The van der Waals surface area contributed by atoms with Gasteiger partial charge in [0, 0.05) is 51.2 Å². The molecular weight excluding hydrogens is 671 g/mol. The lowest BCUT2D eigenvalue weighted by Crippen LogP contribution is -2.37. The van der Waals surface area contributed by atoms with Gasteiger partial charge in [0.1, 0.15) is 5.78 Å². The first kappa shape index (κ1) is 40.6. The molecule has 0 bridgehead atoms. The third-order valence-electron chi connectivity index (χ3n) is 9.37. The topological polar surface area (TPSA) is 129 Å². The van der Waals surface area contributed by atoms with Gasteiger partial charge in [-0.3, -0.25) is 48.3 Å². The van der Waals surface area contributed by atoms with E-state index < -0.39 is 0 Å². The van der Waals surface area contributed by atoms with E-state index in [1.54, 1.807) is 23.5 Å². The van der Waals surface area contributed by atoms with Crippen molar-refractivity contribution < 1.29 is 33.6 Å². The van der Waals surface area contributed by atoms with E-state index in [1.807, 2.05) is 27.0 Å². The molecule has 4 fully saturated rings. The number of amides is 6. The minimum atomic E-state index is -0.223. The summed E-state index contributed by atoms with van der Waals surface area (Å²) in [6.07, 6.45) is 10.5. The van der Waals surface area contributed by atoms with Gasteiger partial charge in [-0.2, -0.15) is 11.8 Å². The number of thioether (sulfide) groups is 3. The number of carbonyl (C=O) groups is 7. The summed E-state index contributed by atoms with van der Waals surface area (Å²) >= 11 is 4.58. The molecule has 0 aromatic carbocycles. The molecule has 0 spiro atoms. The molecule has 270 valence electrons. The van der Waals surface area contributed by atoms with E-state index in [-0.39, 0.29) is 57.1 Å². The molecule has 13 heteroatoms. The van der Waals surface area contributed by atoms with Gasteiger partial charge in [0.2, 0.25) is 35.4 Å². The number of unbranched alkanes of at least 4 members (excludes halogenated alkanes) is 3. The van der Waals surface area contributed by atoms with E-state index in [1.165, 1.54) is 26.5 Å². The minimum Gasteiger partial charge on any atom is -0.299 e. The van der Waals surface area contributed by atoms with Crippen LogP contribution in [0, 0.1) is 11.8 Å². The summed E-state index contributed by atoms with van der Waals surface area (Å²) < 4.78 is 0. The Bertz CT molecular complexity index is 1190. The van der Waals surface area contributed by atoms with E-state index in [0.29, 0.717) is 67.5 Å².